The van der Waals surface area contributed by atoms with Gasteiger partial charge in [-0.05, 0) is 61.6 Å². The first-order valence-corrected chi connectivity index (χ1v) is 11.8. The van der Waals surface area contributed by atoms with Gasteiger partial charge in [-0.2, -0.15) is 0 Å². The van der Waals surface area contributed by atoms with Crippen LogP contribution in [0.3, 0.4) is 0 Å². The molecule has 2 aromatic rings. The summed E-state index contributed by atoms with van der Waals surface area (Å²) in [5.74, 6) is -3.31. The molecule has 0 unspecified atom stereocenters. The smallest absolute Gasteiger partial charge is 0.242 e. The first kappa shape index (κ1) is 24.3. The van der Waals surface area contributed by atoms with Crippen molar-refractivity contribution in [3.05, 3.63) is 71.0 Å². The number of nitrogens with one attached hydrogen (secondary N) is 1. The molecule has 2 saturated heterocycles. The maximum absolute atomic E-state index is 14.0. The Hall–Kier alpha value is -2.87. The van der Waals surface area contributed by atoms with E-state index in [1.807, 2.05) is 35.2 Å². The van der Waals surface area contributed by atoms with Crippen molar-refractivity contribution in [1.29, 1.82) is 0 Å². The van der Waals surface area contributed by atoms with E-state index in [1.165, 1.54) is 0 Å². The highest BCUT2D eigenvalue weighted by molar-refractivity contribution is 5.85. The van der Waals surface area contributed by atoms with Gasteiger partial charge in [-0.15, -0.1) is 0 Å². The summed E-state index contributed by atoms with van der Waals surface area (Å²) in [6, 6.07) is 10.8. The van der Waals surface area contributed by atoms with Crippen LogP contribution in [0.2, 0.25) is 0 Å². The van der Waals surface area contributed by atoms with Gasteiger partial charge in [0.1, 0.15) is 5.82 Å². The van der Waals surface area contributed by atoms with E-state index in [4.69, 9.17) is 5.73 Å². The number of amides is 2. The molecule has 3 atom stereocenters. The molecule has 3 N–H and O–H groups in total. The number of carbonyl (C=O) groups excluding carboxylic acids is 2. The number of benzene rings is 2. The second-order valence-corrected chi connectivity index (χ2v) is 9.41. The molecule has 2 bridgehead atoms. The molecule has 0 aliphatic carbocycles. The van der Waals surface area contributed by atoms with E-state index in [0.717, 1.165) is 24.5 Å². The van der Waals surface area contributed by atoms with Crippen LogP contribution in [0.25, 0.3) is 0 Å². The van der Waals surface area contributed by atoms with Crippen LogP contribution in [-0.2, 0) is 22.4 Å². The fourth-order valence-corrected chi connectivity index (χ4v) is 5.37. The number of hydrogen-bond acceptors (Lipinski definition) is 3. The summed E-state index contributed by atoms with van der Waals surface area (Å²) in [5, 5.41) is 2.74. The minimum absolute atomic E-state index is 0.0262. The van der Waals surface area contributed by atoms with Crippen LogP contribution in [0, 0.1) is 23.4 Å². The number of halogens is 3. The van der Waals surface area contributed by atoms with Crippen molar-refractivity contribution < 1.29 is 22.8 Å². The van der Waals surface area contributed by atoms with E-state index in [1.54, 1.807) is 0 Å². The first-order chi connectivity index (χ1) is 16.3. The molecular weight excluding hydrogens is 443 g/mol. The second-order valence-electron chi connectivity index (χ2n) is 9.41. The molecule has 0 spiro atoms. The number of piperidine rings is 1. The maximum atomic E-state index is 14.0. The number of nitrogens with zero attached hydrogens (tertiary/aromatic N) is 1. The Kier molecular flexibility index (Phi) is 7.56. The lowest BCUT2D eigenvalue weighted by Gasteiger charge is -2.41. The van der Waals surface area contributed by atoms with Gasteiger partial charge in [0.2, 0.25) is 11.8 Å². The molecule has 34 heavy (non-hydrogen) atoms. The van der Waals surface area contributed by atoms with E-state index in [2.05, 4.69) is 5.32 Å². The topological polar surface area (TPSA) is 75.4 Å². The molecular formula is C26H30F3N3O2. The van der Waals surface area contributed by atoms with E-state index < -0.39 is 23.5 Å². The minimum Gasteiger partial charge on any atom is -0.347 e. The summed E-state index contributed by atoms with van der Waals surface area (Å²) in [6.45, 7) is -0.0303. The van der Waals surface area contributed by atoms with Crippen molar-refractivity contribution in [1.82, 2.24) is 10.2 Å². The summed E-state index contributed by atoms with van der Waals surface area (Å²) in [4.78, 5) is 26.9. The standard InChI is InChI=1S/C26H30F3N3O2/c27-21-14-23(29)22(28)12-17(21)13-24(30)18-10-19-7-8-20(11-18)32(19)26(34)15-31-25(33)9-6-16-4-2-1-3-5-16/h1-5,12,14,18-20,24H,6-11,13,15,30H2,(H,31,33)/t19-,20-,24+/m0/s1. The highest BCUT2D eigenvalue weighted by Gasteiger charge is 2.44. The zero-order valence-corrected chi connectivity index (χ0v) is 19.0. The molecule has 2 heterocycles. The fraction of sp³-hybridized carbons (Fsp3) is 0.462. The highest BCUT2D eigenvalue weighted by atomic mass is 19.2. The van der Waals surface area contributed by atoms with Crippen molar-refractivity contribution in [3.63, 3.8) is 0 Å². The summed E-state index contributed by atoms with van der Waals surface area (Å²) in [6.07, 6.45) is 4.13. The van der Waals surface area contributed by atoms with Crippen molar-refractivity contribution in [2.75, 3.05) is 6.54 Å². The lowest BCUT2D eigenvalue weighted by molar-refractivity contribution is -0.137. The van der Waals surface area contributed by atoms with Gasteiger partial charge in [0, 0.05) is 30.6 Å². The lowest BCUT2D eigenvalue weighted by Crippen LogP contribution is -2.52. The van der Waals surface area contributed by atoms with Gasteiger partial charge in [-0.1, -0.05) is 30.3 Å². The number of fused-ring (bicyclic) bond motifs is 2. The predicted molar refractivity (Wildman–Crippen MR) is 122 cm³/mol. The molecule has 2 aliphatic heterocycles. The Balaban J connectivity index is 1.27. The lowest BCUT2D eigenvalue weighted by atomic mass is 9.82. The zero-order valence-electron chi connectivity index (χ0n) is 19.0. The highest BCUT2D eigenvalue weighted by Crippen LogP contribution is 2.40. The molecule has 0 saturated carbocycles. The van der Waals surface area contributed by atoms with E-state index in [0.29, 0.717) is 31.7 Å². The van der Waals surface area contributed by atoms with Gasteiger partial charge in [-0.25, -0.2) is 13.2 Å². The molecule has 2 aliphatic rings. The Bertz CT molecular complexity index is 1020. The van der Waals surface area contributed by atoms with Gasteiger partial charge in [0.05, 0.1) is 6.54 Å². The summed E-state index contributed by atoms with van der Waals surface area (Å²) < 4.78 is 40.8. The van der Waals surface area contributed by atoms with Gasteiger partial charge in [0.15, 0.2) is 11.6 Å². The normalized spacial score (nSPS) is 22.5. The van der Waals surface area contributed by atoms with Crippen LogP contribution in [0.4, 0.5) is 13.2 Å². The Morgan fingerprint density at radius 3 is 2.32 bits per heavy atom. The molecule has 5 nitrogen and oxygen atoms in total. The van der Waals surface area contributed by atoms with Crippen LogP contribution in [-0.4, -0.2) is 41.4 Å². The van der Waals surface area contributed by atoms with Crippen LogP contribution in [0.5, 0.6) is 0 Å². The monoisotopic (exact) mass is 473 g/mol. The third-order valence-electron chi connectivity index (χ3n) is 7.13. The van der Waals surface area contributed by atoms with Gasteiger partial charge in [-0.3, -0.25) is 9.59 Å². The fourth-order valence-electron chi connectivity index (χ4n) is 5.37. The average Bonchev–Trinajstić information content (AvgIpc) is 3.09. The van der Waals surface area contributed by atoms with Crippen LogP contribution < -0.4 is 11.1 Å². The molecule has 4 rings (SSSR count). The number of nitrogens with two attached hydrogens (primary N) is 1. The van der Waals surface area contributed by atoms with Crippen LogP contribution in [0.1, 0.15) is 43.2 Å². The molecule has 182 valence electrons. The Morgan fingerprint density at radius 1 is 1.00 bits per heavy atom. The van der Waals surface area contributed by atoms with Crippen molar-refractivity contribution >= 4 is 11.8 Å². The van der Waals surface area contributed by atoms with Crippen molar-refractivity contribution in [2.24, 2.45) is 11.7 Å². The summed E-state index contributed by atoms with van der Waals surface area (Å²) >= 11 is 0. The quantitative estimate of drug-likeness (QED) is 0.577. The predicted octanol–water partition coefficient (Wildman–Crippen LogP) is 3.49. The zero-order chi connectivity index (χ0) is 24.2. The molecule has 8 heteroatoms. The molecule has 2 amide bonds. The van der Waals surface area contributed by atoms with Gasteiger partial charge >= 0.3 is 0 Å². The first-order valence-electron chi connectivity index (χ1n) is 11.8. The molecule has 2 fully saturated rings. The maximum Gasteiger partial charge on any atom is 0.242 e. The minimum atomic E-state index is -1.22. The number of rotatable bonds is 8. The largest absolute Gasteiger partial charge is 0.347 e. The van der Waals surface area contributed by atoms with E-state index >= 15 is 0 Å². The number of hydrogen-bond donors (Lipinski definition) is 2. The summed E-state index contributed by atoms with van der Waals surface area (Å²) in [7, 11) is 0. The molecule has 2 aromatic carbocycles. The van der Waals surface area contributed by atoms with Crippen LogP contribution in [0.15, 0.2) is 42.5 Å². The number of aryl methyl sites for hydroxylation is 1. The van der Waals surface area contributed by atoms with E-state index in [-0.39, 0.29) is 48.3 Å². The van der Waals surface area contributed by atoms with Gasteiger partial charge in [0.25, 0.3) is 0 Å². The van der Waals surface area contributed by atoms with Crippen molar-refractivity contribution in [2.45, 2.75) is 63.1 Å². The third kappa shape index (κ3) is 5.60. The number of carbonyl (C=O) groups is 2. The van der Waals surface area contributed by atoms with E-state index in [9.17, 15) is 22.8 Å². The van der Waals surface area contributed by atoms with Gasteiger partial charge < -0.3 is 16.0 Å². The SMILES string of the molecule is N[C@H](Cc1cc(F)c(F)cc1F)C1C[C@@H]2CC[C@@H](C1)N2C(=O)CNC(=O)CCc1ccccc1. The third-order valence-corrected chi connectivity index (χ3v) is 7.13. The second kappa shape index (κ2) is 10.6. The molecule has 0 aromatic heterocycles. The molecule has 0 radical (unpaired) electrons. The van der Waals surface area contributed by atoms with Crippen molar-refractivity contribution in [3.8, 4) is 0 Å². The summed E-state index contributed by atoms with van der Waals surface area (Å²) in [5.41, 5.74) is 7.49. The Morgan fingerprint density at radius 2 is 1.65 bits per heavy atom. The average molecular weight is 474 g/mol. The van der Waals surface area contributed by atoms with Crippen LogP contribution >= 0.6 is 0 Å². The Labute approximate surface area is 197 Å².